The minimum Gasteiger partial charge on any atom is -0.309 e. The monoisotopic (exact) mass is 255 g/mol. The highest BCUT2D eigenvalue weighted by Gasteiger charge is 2.16. The molecule has 4 heteroatoms. The lowest BCUT2D eigenvalue weighted by Crippen LogP contribution is -2.17. The van der Waals surface area contributed by atoms with Crippen LogP contribution in [0.1, 0.15) is 16.5 Å². The maximum atomic E-state index is 4.50. The van der Waals surface area contributed by atoms with Gasteiger partial charge in [-0.15, -0.1) is 11.3 Å². The van der Waals surface area contributed by atoms with Gasteiger partial charge in [-0.25, -0.2) is 0 Å². The second-order valence-corrected chi connectivity index (χ2v) is 4.97. The van der Waals surface area contributed by atoms with Crippen molar-refractivity contribution in [3.8, 4) is 0 Å². The van der Waals surface area contributed by atoms with E-state index in [1.165, 1.54) is 15.8 Å². The molecule has 18 heavy (non-hydrogen) atoms. The van der Waals surface area contributed by atoms with Gasteiger partial charge in [-0.3, -0.25) is 9.97 Å². The molecule has 0 aliphatic heterocycles. The maximum absolute atomic E-state index is 4.50. The van der Waals surface area contributed by atoms with E-state index >= 15 is 0 Å². The van der Waals surface area contributed by atoms with E-state index in [0.717, 1.165) is 5.52 Å². The van der Waals surface area contributed by atoms with Crippen molar-refractivity contribution in [2.45, 2.75) is 6.04 Å². The molecule has 0 spiro atoms. The average Bonchev–Trinajstić information content (AvgIpc) is 2.94. The van der Waals surface area contributed by atoms with Crippen LogP contribution in [-0.2, 0) is 0 Å². The number of nitrogens with one attached hydrogen (secondary N) is 1. The number of para-hydroxylation sites is 1. The third-order valence-corrected chi connectivity index (χ3v) is 3.84. The van der Waals surface area contributed by atoms with Crippen molar-refractivity contribution in [3.63, 3.8) is 0 Å². The van der Waals surface area contributed by atoms with Crippen molar-refractivity contribution < 1.29 is 0 Å². The van der Waals surface area contributed by atoms with Gasteiger partial charge in [0.25, 0.3) is 0 Å². The zero-order valence-corrected chi connectivity index (χ0v) is 10.8. The SMILES string of the molecule is CNC(c1cncs1)c1cccc2cccnc12. The van der Waals surface area contributed by atoms with E-state index in [0.29, 0.717) is 0 Å². The smallest absolute Gasteiger partial charge is 0.0794 e. The number of fused-ring (bicyclic) bond motifs is 1. The predicted octanol–water partition coefficient (Wildman–Crippen LogP) is 3.00. The number of aromatic nitrogens is 2. The van der Waals surface area contributed by atoms with Crippen LogP contribution in [-0.4, -0.2) is 17.0 Å². The van der Waals surface area contributed by atoms with Crippen LogP contribution in [0.4, 0.5) is 0 Å². The predicted molar refractivity (Wildman–Crippen MR) is 74.8 cm³/mol. The number of hydrogen-bond acceptors (Lipinski definition) is 4. The van der Waals surface area contributed by atoms with Crippen LogP contribution in [0.5, 0.6) is 0 Å². The highest BCUT2D eigenvalue weighted by Crippen LogP contribution is 2.29. The van der Waals surface area contributed by atoms with Gasteiger partial charge in [-0.2, -0.15) is 0 Å². The number of nitrogens with zero attached hydrogens (tertiary/aromatic N) is 2. The molecule has 2 heterocycles. The number of benzene rings is 1. The van der Waals surface area contributed by atoms with Gasteiger partial charge in [0.15, 0.2) is 0 Å². The summed E-state index contributed by atoms with van der Waals surface area (Å²) in [6.45, 7) is 0. The Morgan fingerprint density at radius 1 is 1.22 bits per heavy atom. The van der Waals surface area contributed by atoms with Gasteiger partial charge in [0, 0.05) is 28.2 Å². The van der Waals surface area contributed by atoms with Gasteiger partial charge < -0.3 is 5.32 Å². The summed E-state index contributed by atoms with van der Waals surface area (Å²) >= 11 is 1.66. The molecule has 0 bridgehead atoms. The molecule has 1 atom stereocenters. The van der Waals surface area contributed by atoms with Crippen molar-refractivity contribution in [3.05, 3.63) is 58.7 Å². The fourth-order valence-corrected chi connectivity index (χ4v) is 2.93. The molecule has 0 radical (unpaired) electrons. The number of hydrogen-bond donors (Lipinski definition) is 1. The summed E-state index contributed by atoms with van der Waals surface area (Å²) in [6, 6.07) is 10.5. The highest BCUT2D eigenvalue weighted by atomic mass is 32.1. The zero-order valence-electron chi connectivity index (χ0n) is 10.00. The highest BCUT2D eigenvalue weighted by molar-refractivity contribution is 7.09. The van der Waals surface area contributed by atoms with Gasteiger partial charge in [-0.1, -0.05) is 24.3 Å². The molecule has 0 fully saturated rings. The van der Waals surface area contributed by atoms with Crippen molar-refractivity contribution >= 4 is 22.2 Å². The van der Waals surface area contributed by atoms with E-state index < -0.39 is 0 Å². The van der Waals surface area contributed by atoms with Crippen molar-refractivity contribution in [1.82, 2.24) is 15.3 Å². The quantitative estimate of drug-likeness (QED) is 0.781. The van der Waals surface area contributed by atoms with Crippen LogP contribution in [0.25, 0.3) is 10.9 Å². The van der Waals surface area contributed by atoms with E-state index in [-0.39, 0.29) is 6.04 Å². The molecule has 2 aromatic heterocycles. The summed E-state index contributed by atoms with van der Waals surface area (Å²) in [6.07, 6.45) is 3.75. The molecule has 90 valence electrons. The summed E-state index contributed by atoms with van der Waals surface area (Å²) in [5, 5.41) is 4.51. The summed E-state index contributed by atoms with van der Waals surface area (Å²) in [5.74, 6) is 0. The second kappa shape index (κ2) is 4.84. The first kappa shape index (κ1) is 11.3. The van der Waals surface area contributed by atoms with E-state index in [1.54, 1.807) is 11.3 Å². The van der Waals surface area contributed by atoms with Crippen molar-refractivity contribution in [1.29, 1.82) is 0 Å². The van der Waals surface area contributed by atoms with Crippen LogP contribution >= 0.6 is 11.3 Å². The molecular weight excluding hydrogens is 242 g/mol. The fraction of sp³-hybridized carbons (Fsp3) is 0.143. The Labute approximate surface area is 110 Å². The van der Waals surface area contributed by atoms with Crippen LogP contribution < -0.4 is 5.32 Å². The fourth-order valence-electron chi connectivity index (χ4n) is 2.18. The zero-order chi connectivity index (χ0) is 12.4. The van der Waals surface area contributed by atoms with Gasteiger partial charge in [0.05, 0.1) is 17.1 Å². The summed E-state index contributed by atoms with van der Waals surface area (Å²) in [4.78, 5) is 9.86. The Bertz CT molecular complexity index is 644. The minimum atomic E-state index is 0.149. The number of thiazole rings is 1. The maximum Gasteiger partial charge on any atom is 0.0794 e. The van der Waals surface area contributed by atoms with Crippen LogP contribution in [0.15, 0.2) is 48.2 Å². The first-order chi connectivity index (χ1) is 8.90. The van der Waals surface area contributed by atoms with Crippen LogP contribution in [0, 0.1) is 0 Å². The molecule has 0 saturated heterocycles. The second-order valence-electron chi connectivity index (χ2n) is 4.05. The Morgan fingerprint density at radius 3 is 2.89 bits per heavy atom. The van der Waals surface area contributed by atoms with Gasteiger partial charge in [0.2, 0.25) is 0 Å². The third-order valence-electron chi connectivity index (χ3n) is 3.00. The molecule has 1 aromatic carbocycles. The molecule has 3 aromatic rings. The van der Waals surface area contributed by atoms with Gasteiger partial charge in [0.1, 0.15) is 0 Å². The summed E-state index contributed by atoms with van der Waals surface area (Å²) in [5.41, 5.74) is 4.10. The van der Waals surface area contributed by atoms with Crippen molar-refractivity contribution in [2.24, 2.45) is 0 Å². The first-order valence-electron chi connectivity index (χ1n) is 5.79. The summed E-state index contributed by atoms with van der Waals surface area (Å²) < 4.78 is 0. The Kier molecular flexibility index (Phi) is 3.04. The standard InChI is InChI=1S/C14H13N3S/c1-15-14(12-8-16-9-18-12)11-6-2-4-10-5-3-7-17-13(10)11/h2-9,14-15H,1H3. The van der Waals surface area contributed by atoms with Gasteiger partial charge >= 0.3 is 0 Å². The van der Waals surface area contributed by atoms with E-state index in [9.17, 15) is 0 Å². The van der Waals surface area contributed by atoms with E-state index in [2.05, 4.69) is 39.6 Å². The van der Waals surface area contributed by atoms with Crippen LogP contribution in [0.3, 0.4) is 0 Å². The molecule has 0 aliphatic rings. The Balaban J connectivity index is 2.18. The Hall–Kier alpha value is -1.78. The van der Waals surface area contributed by atoms with Crippen molar-refractivity contribution in [2.75, 3.05) is 7.05 Å². The number of pyridine rings is 1. The average molecular weight is 255 g/mol. The molecule has 1 N–H and O–H groups in total. The minimum absolute atomic E-state index is 0.149. The third kappa shape index (κ3) is 1.89. The molecule has 1 unspecified atom stereocenters. The Morgan fingerprint density at radius 2 is 2.11 bits per heavy atom. The van der Waals surface area contributed by atoms with Crippen LogP contribution in [0.2, 0.25) is 0 Å². The summed E-state index contributed by atoms with van der Waals surface area (Å²) in [7, 11) is 1.96. The van der Waals surface area contributed by atoms with E-state index in [1.807, 2.05) is 31.0 Å². The molecule has 0 saturated carbocycles. The molecule has 3 rings (SSSR count). The molecule has 0 amide bonds. The number of rotatable bonds is 3. The lowest BCUT2D eigenvalue weighted by atomic mass is 10.0. The molecule has 3 nitrogen and oxygen atoms in total. The normalized spacial score (nSPS) is 12.7. The molecular formula is C14H13N3S. The lowest BCUT2D eigenvalue weighted by Gasteiger charge is -2.16. The molecule has 0 aliphatic carbocycles. The largest absolute Gasteiger partial charge is 0.309 e. The first-order valence-corrected chi connectivity index (χ1v) is 6.67. The topological polar surface area (TPSA) is 37.8 Å². The van der Waals surface area contributed by atoms with Gasteiger partial charge in [-0.05, 0) is 13.1 Å². The van der Waals surface area contributed by atoms with E-state index in [4.69, 9.17) is 0 Å². The lowest BCUT2D eigenvalue weighted by molar-refractivity contribution is 0.706.